The van der Waals surface area contributed by atoms with Gasteiger partial charge in [0.15, 0.2) is 0 Å². The third-order valence-corrected chi connectivity index (χ3v) is 3.98. The van der Waals surface area contributed by atoms with Gasteiger partial charge in [-0.25, -0.2) is 0 Å². The summed E-state index contributed by atoms with van der Waals surface area (Å²) in [6, 6.07) is 10.1. The zero-order valence-electron chi connectivity index (χ0n) is 12.0. The summed E-state index contributed by atoms with van der Waals surface area (Å²) >= 11 is 5.90. The molecule has 0 saturated carbocycles. The third kappa shape index (κ3) is 3.62. The normalized spacial score (nSPS) is 14.2. The molecule has 4 heteroatoms. The summed E-state index contributed by atoms with van der Waals surface area (Å²) in [5.41, 5.74) is 2.11. The Morgan fingerprint density at radius 1 is 1.25 bits per heavy atom. The van der Waals surface area contributed by atoms with E-state index in [1.807, 2.05) is 41.2 Å². The van der Waals surface area contributed by atoms with Crippen molar-refractivity contribution in [3.05, 3.63) is 52.8 Å². The van der Waals surface area contributed by atoms with Crippen LogP contribution in [0.3, 0.4) is 0 Å². The van der Waals surface area contributed by atoms with Gasteiger partial charge in [0.2, 0.25) is 0 Å². The van der Waals surface area contributed by atoms with Gasteiger partial charge in [0.25, 0.3) is 0 Å². The Balaban J connectivity index is 2.10. The minimum Gasteiger partial charge on any atom is -0.396 e. The molecule has 3 nitrogen and oxygen atoms in total. The van der Waals surface area contributed by atoms with E-state index < -0.39 is 0 Å². The van der Waals surface area contributed by atoms with E-state index in [1.54, 1.807) is 0 Å². The first-order valence-electron chi connectivity index (χ1n) is 7.04. The SMILES string of the molecule is CCC(C)n1ccc(CC(CO)c2ccc(Cl)cc2)n1. The van der Waals surface area contributed by atoms with Crippen molar-refractivity contribution in [2.24, 2.45) is 0 Å². The highest BCUT2D eigenvalue weighted by atomic mass is 35.5. The van der Waals surface area contributed by atoms with Gasteiger partial charge in [0.05, 0.1) is 12.3 Å². The standard InChI is InChI=1S/C16H21ClN2O/c1-3-12(2)19-9-8-16(18-19)10-14(11-20)13-4-6-15(17)7-5-13/h4-9,12,14,20H,3,10-11H2,1-2H3. The van der Waals surface area contributed by atoms with Crippen LogP contribution in [0.4, 0.5) is 0 Å². The van der Waals surface area contributed by atoms with Crippen molar-refractivity contribution < 1.29 is 5.11 Å². The minimum atomic E-state index is 0.0625. The molecule has 0 fully saturated rings. The Morgan fingerprint density at radius 2 is 1.95 bits per heavy atom. The van der Waals surface area contributed by atoms with Gasteiger partial charge < -0.3 is 5.11 Å². The second kappa shape index (κ2) is 6.91. The van der Waals surface area contributed by atoms with Crippen LogP contribution in [-0.2, 0) is 6.42 Å². The lowest BCUT2D eigenvalue weighted by atomic mass is 9.95. The molecule has 0 amide bonds. The topological polar surface area (TPSA) is 38.0 Å². The molecule has 1 N–H and O–H groups in total. The van der Waals surface area contributed by atoms with Crippen molar-refractivity contribution in [3.8, 4) is 0 Å². The highest BCUT2D eigenvalue weighted by molar-refractivity contribution is 6.30. The second-order valence-corrected chi connectivity index (χ2v) is 5.62. The van der Waals surface area contributed by atoms with Gasteiger partial charge in [0.1, 0.15) is 0 Å². The van der Waals surface area contributed by atoms with Gasteiger partial charge in [-0.2, -0.15) is 5.10 Å². The van der Waals surface area contributed by atoms with Gasteiger partial charge in [-0.15, -0.1) is 0 Å². The lowest BCUT2D eigenvalue weighted by Crippen LogP contribution is -2.10. The molecule has 1 heterocycles. The van der Waals surface area contributed by atoms with Crippen molar-refractivity contribution in [1.29, 1.82) is 0 Å². The summed E-state index contributed by atoms with van der Waals surface area (Å²) in [5, 5.41) is 14.9. The summed E-state index contributed by atoms with van der Waals surface area (Å²) in [6.07, 6.45) is 3.81. The number of aliphatic hydroxyl groups excluding tert-OH is 1. The first-order chi connectivity index (χ1) is 9.63. The molecule has 108 valence electrons. The molecule has 2 unspecified atom stereocenters. The van der Waals surface area contributed by atoms with Gasteiger partial charge in [-0.05, 0) is 37.1 Å². The molecule has 0 radical (unpaired) electrons. The van der Waals surface area contributed by atoms with E-state index in [-0.39, 0.29) is 12.5 Å². The molecule has 0 bridgehead atoms. The fraction of sp³-hybridized carbons (Fsp3) is 0.438. The summed E-state index contributed by atoms with van der Waals surface area (Å²) in [7, 11) is 0. The van der Waals surface area contributed by atoms with Crippen molar-refractivity contribution in [1.82, 2.24) is 9.78 Å². The van der Waals surface area contributed by atoms with Crippen molar-refractivity contribution >= 4 is 11.6 Å². The van der Waals surface area contributed by atoms with Crippen LogP contribution < -0.4 is 0 Å². The van der Waals surface area contributed by atoms with Crippen LogP contribution in [0.5, 0.6) is 0 Å². The van der Waals surface area contributed by atoms with E-state index in [0.717, 1.165) is 24.1 Å². The largest absolute Gasteiger partial charge is 0.396 e. The Hall–Kier alpha value is -1.32. The zero-order valence-corrected chi connectivity index (χ0v) is 12.7. The Morgan fingerprint density at radius 3 is 2.55 bits per heavy atom. The number of halogens is 1. The molecule has 20 heavy (non-hydrogen) atoms. The van der Waals surface area contributed by atoms with E-state index in [0.29, 0.717) is 11.1 Å². The first kappa shape index (κ1) is 15.1. The predicted octanol–water partition coefficient (Wildman–Crippen LogP) is 3.83. The lowest BCUT2D eigenvalue weighted by Gasteiger charge is -2.13. The maximum Gasteiger partial charge on any atom is 0.0631 e. The molecule has 2 aromatic rings. The van der Waals surface area contributed by atoms with Gasteiger partial charge in [0, 0.05) is 29.6 Å². The van der Waals surface area contributed by atoms with Gasteiger partial charge in [-0.3, -0.25) is 4.68 Å². The number of aliphatic hydroxyl groups is 1. The van der Waals surface area contributed by atoms with Crippen molar-refractivity contribution in [2.75, 3.05) is 6.61 Å². The molecule has 1 aromatic carbocycles. The molecular weight excluding hydrogens is 272 g/mol. The zero-order chi connectivity index (χ0) is 14.5. The number of hydrogen-bond donors (Lipinski definition) is 1. The molecule has 0 aliphatic carbocycles. The average molecular weight is 293 g/mol. The van der Waals surface area contributed by atoms with E-state index in [2.05, 4.69) is 18.9 Å². The van der Waals surface area contributed by atoms with E-state index >= 15 is 0 Å². The van der Waals surface area contributed by atoms with E-state index in [4.69, 9.17) is 11.6 Å². The summed E-state index contributed by atoms with van der Waals surface area (Å²) in [5.74, 6) is 0.0625. The summed E-state index contributed by atoms with van der Waals surface area (Å²) in [4.78, 5) is 0. The van der Waals surface area contributed by atoms with Crippen LogP contribution in [0, 0.1) is 0 Å². The fourth-order valence-corrected chi connectivity index (χ4v) is 2.32. The number of aromatic nitrogens is 2. The smallest absolute Gasteiger partial charge is 0.0631 e. The Labute approximate surface area is 125 Å². The maximum absolute atomic E-state index is 9.60. The van der Waals surface area contributed by atoms with Crippen LogP contribution in [-0.4, -0.2) is 21.5 Å². The Kier molecular flexibility index (Phi) is 5.21. The van der Waals surface area contributed by atoms with Gasteiger partial charge in [-0.1, -0.05) is 30.7 Å². The molecule has 1 aromatic heterocycles. The molecule has 0 spiro atoms. The Bertz CT molecular complexity index is 536. The van der Waals surface area contributed by atoms with E-state index in [9.17, 15) is 5.11 Å². The third-order valence-electron chi connectivity index (χ3n) is 3.72. The van der Waals surface area contributed by atoms with Crippen LogP contribution >= 0.6 is 11.6 Å². The second-order valence-electron chi connectivity index (χ2n) is 5.18. The molecule has 0 aliphatic rings. The average Bonchev–Trinajstić information content (AvgIpc) is 2.93. The van der Waals surface area contributed by atoms with Gasteiger partial charge >= 0.3 is 0 Å². The highest BCUT2D eigenvalue weighted by Gasteiger charge is 2.14. The van der Waals surface area contributed by atoms with Crippen LogP contribution in [0.1, 0.15) is 43.5 Å². The monoisotopic (exact) mass is 292 g/mol. The summed E-state index contributed by atoms with van der Waals surface area (Å²) in [6.45, 7) is 4.41. The van der Waals surface area contributed by atoms with Crippen LogP contribution in [0.25, 0.3) is 0 Å². The quantitative estimate of drug-likeness (QED) is 0.879. The molecule has 2 atom stereocenters. The lowest BCUT2D eigenvalue weighted by molar-refractivity contribution is 0.263. The van der Waals surface area contributed by atoms with Crippen molar-refractivity contribution in [3.63, 3.8) is 0 Å². The van der Waals surface area contributed by atoms with E-state index in [1.165, 1.54) is 0 Å². The fourth-order valence-electron chi connectivity index (χ4n) is 2.19. The first-order valence-corrected chi connectivity index (χ1v) is 7.42. The minimum absolute atomic E-state index is 0.0625. The maximum atomic E-state index is 9.60. The molecule has 2 rings (SSSR count). The number of benzene rings is 1. The predicted molar refractivity (Wildman–Crippen MR) is 82.2 cm³/mol. The molecule has 0 saturated heterocycles. The summed E-state index contributed by atoms with van der Waals surface area (Å²) < 4.78 is 1.99. The van der Waals surface area contributed by atoms with Crippen molar-refractivity contribution in [2.45, 2.75) is 38.6 Å². The number of rotatable bonds is 6. The van der Waals surface area contributed by atoms with Crippen LogP contribution in [0.15, 0.2) is 36.5 Å². The number of hydrogen-bond acceptors (Lipinski definition) is 2. The highest BCUT2D eigenvalue weighted by Crippen LogP contribution is 2.22. The van der Waals surface area contributed by atoms with Crippen LogP contribution in [0.2, 0.25) is 5.02 Å². The number of nitrogens with zero attached hydrogens (tertiary/aromatic N) is 2. The molecule has 0 aliphatic heterocycles. The molecular formula is C16H21ClN2O.